The molecule has 0 aliphatic heterocycles. The third-order valence-electron chi connectivity index (χ3n) is 7.25. The molecule has 7 N–H and O–H groups in total. The molecular weight excluding hydrogens is 598 g/mol. The predicted octanol–water partition coefficient (Wildman–Crippen LogP) is 2.94. The normalized spacial score (nSPS) is 14.0. The zero-order valence-electron chi connectivity index (χ0n) is 27.4. The van der Waals surface area contributed by atoms with Gasteiger partial charge < -0.3 is 41.3 Å². The summed E-state index contributed by atoms with van der Waals surface area (Å²) in [5.41, 5.74) is 5.59. The SMILES string of the molecule is CC[C@H](C)[C@H](NC(=O)OC(C)(C)C)C(=O)N[C@@H](CCC(=O)O)C(=O)N[C@@H](CCCCN)C(=O)Nc1ccc2c(C)cc(=O)oc2c1. The van der Waals surface area contributed by atoms with Gasteiger partial charge in [0, 0.05) is 29.6 Å². The van der Waals surface area contributed by atoms with Crippen molar-refractivity contribution in [3.05, 3.63) is 40.2 Å². The van der Waals surface area contributed by atoms with Gasteiger partial charge in [0.15, 0.2) is 0 Å². The first kappa shape index (κ1) is 37.7. The first-order chi connectivity index (χ1) is 21.5. The van der Waals surface area contributed by atoms with Crippen LogP contribution in [0, 0.1) is 12.8 Å². The average Bonchev–Trinajstić information content (AvgIpc) is 2.95. The molecule has 0 aliphatic carbocycles. The number of alkyl carbamates (subject to hydrolysis) is 1. The van der Waals surface area contributed by atoms with Crippen molar-refractivity contribution < 1.29 is 38.2 Å². The highest BCUT2D eigenvalue weighted by atomic mass is 16.6. The number of ether oxygens (including phenoxy) is 1. The van der Waals surface area contributed by atoms with Crippen LogP contribution in [0.2, 0.25) is 0 Å². The van der Waals surface area contributed by atoms with Crippen LogP contribution in [0.1, 0.15) is 78.7 Å². The summed E-state index contributed by atoms with van der Waals surface area (Å²) in [7, 11) is 0. The highest BCUT2D eigenvalue weighted by Crippen LogP contribution is 2.21. The number of aliphatic carboxylic acids is 1. The molecule has 4 amide bonds. The molecule has 1 heterocycles. The maximum absolute atomic E-state index is 13.5. The molecule has 1 aromatic heterocycles. The number of carbonyl (C=O) groups excluding carboxylic acids is 4. The molecule has 254 valence electrons. The van der Waals surface area contributed by atoms with Crippen molar-refractivity contribution >= 4 is 46.4 Å². The van der Waals surface area contributed by atoms with Crippen molar-refractivity contribution in [2.75, 3.05) is 11.9 Å². The second-order valence-electron chi connectivity index (χ2n) is 12.3. The van der Waals surface area contributed by atoms with Crippen LogP contribution in [0.3, 0.4) is 0 Å². The van der Waals surface area contributed by atoms with Crippen molar-refractivity contribution in [3.63, 3.8) is 0 Å². The fraction of sp³-hybridized carbons (Fsp3) is 0.562. The summed E-state index contributed by atoms with van der Waals surface area (Å²) < 4.78 is 10.6. The number of nitrogens with two attached hydrogens (primary N) is 1. The van der Waals surface area contributed by atoms with E-state index in [0.717, 1.165) is 0 Å². The van der Waals surface area contributed by atoms with Gasteiger partial charge in [0.2, 0.25) is 17.7 Å². The first-order valence-corrected chi connectivity index (χ1v) is 15.4. The first-order valence-electron chi connectivity index (χ1n) is 15.4. The lowest BCUT2D eigenvalue weighted by Gasteiger charge is -2.28. The number of hydrogen-bond acceptors (Lipinski definition) is 9. The van der Waals surface area contributed by atoms with Gasteiger partial charge in [0.1, 0.15) is 29.3 Å². The second kappa shape index (κ2) is 17.3. The number of benzene rings is 1. The Morgan fingerprint density at radius 3 is 2.22 bits per heavy atom. The van der Waals surface area contributed by atoms with E-state index in [-0.39, 0.29) is 24.3 Å². The Bertz CT molecular complexity index is 1450. The molecule has 0 bridgehead atoms. The molecule has 0 spiro atoms. The number of unbranched alkanes of at least 4 members (excludes halogenated alkanes) is 1. The minimum Gasteiger partial charge on any atom is -0.481 e. The molecule has 0 unspecified atom stereocenters. The van der Waals surface area contributed by atoms with Gasteiger partial charge in [0.25, 0.3) is 0 Å². The predicted molar refractivity (Wildman–Crippen MR) is 172 cm³/mol. The molecule has 0 saturated carbocycles. The third-order valence-corrected chi connectivity index (χ3v) is 7.25. The summed E-state index contributed by atoms with van der Waals surface area (Å²) in [6.07, 6.45) is 0.228. The van der Waals surface area contributed by atoms with Crippen molar-refractivity contribution in [3.8, 4) is 0 Å². The van der Waals surface area contributed by atoms with Crippen molar-refractivity contribution in [2.45, 2.75) is 104 Å². The molecule has 46 heavy (non-hydrogen) atoms. The lowest BCUT2D eigenvalue weighted by molar-refractivity contribution is -0.138. The van der Waals surface area contributed by atoms with Crippen LogP contribution < -0.4 is 32.6 Å². The molecule has 0 saturated heterocycles. The number of carboxylic acids is 1. The van der Waals surface area contributed by atoms with Crippen LogP contribution in [0.5, 0.6) is 0 Å². The number of carbonyl (C=O) groups is 5. The standard InChI is InChI=1S/C32H47N5O9/c1-7-18(2)27(37-31(44)46-32(4,5)6)30(43)36-23(13-14-25(38)39)29(42)35-22(10-8-9-15-33)28(41)34-20-11-12-21-19(3)16-26(40)45-24(21)17-20/h11-12,16-18,22-23,27H,7-10,13-15,33H2,1-6H3,(H,34,41)(H,35,42)(H,36,43)(H,37,44)(H,38,39)/t18-,22-,23-,27-/m0/s1. The minimum atomic E-state index is -1.33. The molecule has 14 nitrogen and oxygen atoms in total. The highest BCUT2D eigenvalue weighted by Gasteiger charge is 2.33. The Morgan fingerprint density at radius 2 is 1.61 bits per heavy atom. The van der Waals surface area contributed by atoms with E-state index in [1.165, 1.54) is 12.1 Å². The van der Waals surface area contributed by atoms with E-state index in [2.05, 4.69) is 21.3 Å². The highest BCUT2D eigenvalue weighted by molar-refractivity contribution is 6.00. The van der Waals surface area contributed by atoms with Gasteiger partial charge in [-0.05, 0) is 83.5 Å². The third kappa shape index (κ3) is 12.1. The lowest BCUT2D eigenvalue weighted by atomic mass is 9.97. The summed E-state index contributed by atoms with van der Waals surface area (Å²) in [4.78, 5) is 76.1. The van der Waals surface area contributed by atoms with E-state index in [1.54, 1.807) is 46.8 Å². The number of nitrogens with one attached hydrogen (secondary N) is 4. The van der Waals surface area contributed by atoms with Gasteiger partial charge in [-0.1, -0.05) is 20.3 Å². The van der Waals surface area contributed by atoms with Crippen LogP contribution in [0.4, 0.5) is 10.5 Å². The van der Waals surface area contributed by atoms with Crippen molar-refractivity contribution in [2.24, 2.45) is 11.7 Å². The van der Waals surface area contributed by atoms with Crippen LogP contribution in [-0.2, 0) is 23.9 Å². The summed E-state index contributed by atoms with van der Waals surface area (Å²) >= 11 is 0. The molecule has 1 aromatic carbocycles. The largest absolute Gasteiger partial charge is 0.481 e. The number of anilines is 1. The van der Waals surface area contributed by atoms with Crippen molar-refractivity contribution in [1.29, 1.82) is 0 Å². The second-order valence-corrected chi connectivity index (χ2v) is 12.3. The summed E-state index contributed by atoms with van der Waals surface area (Å²) in [5.74, 6) is -3.61. The summed E-state index contributed by atoms with van der Waals surface area (Å²) in [6, 6.07) is 2.70. The van der Waals surface area contributed by atoms with E-state index >= 15 is 0 Å². The Labute approximate surface area is 268 Å². The molecule has 0 radical (unpaired) electrons. The van der Waals surface area contributed by atoms with Crippen LogP contribution in [-0.4, -0.2) is 65.2 Å². The van der Waals surface area contributed by atoms with Crippen LogP contribution in [0.15, 0.2) is 33.5 Å². The smallest absolute Gasteiger partial charge is 0.408 e. The van der Waals surface area contributed by atoms with Gasteiger partial charge in [-0.3, -0.25) is 19.2 Å². The number of carboxylic acid groups (broad SMARTS) is 1. The van der Waals surface area contributed by atoms with Gasteiger partial charge >= 0.3 is 17.7 Å². The van der Waals surface area contributed by atoms with Crippen LogP contribution in [0.25, 0.3) is 11.0 Å². The van der Waals surface area contributed by atoms with Gasteiger partial charge in [0.05, 0.1) is 0 Å². The minimum absolute atomic E-state index is 0.200. The number of aryl methyl sites for hydroxylation is 1. The number of hydrogen-bond donors (Lipinski definition) is 6. The van der Waals surface area contributed by atoms with E-state index in [9.17, 15) is 33.9 Å². The molecule has 4 atom stereocenters. The molecule has 2 aromatic rings. The monoisotopic (exact) mass is 645 g/mol. The summed E-state index contributed by atoms with van der Waals surface area (Å²) in [5, 5.41) is 20.5. The van der Waals surface area contributed by atoms with E-state index in [1.807, 2.05) is 6.92 Å². The zero-order valence-corrected chi connectivity index (χ0v) is 27.4. The fourth-order valence-corrected chi connectivity index (χ4v) is 4.60. The zero-order chi connectivity index (χ0) is 34.6. The Balaban J connectivity index is 2.29. The Morgan fingerprint density at radius 1 is 0.957 bits per heavy atom. The number of amides is 4. The molecule has 2 rings (SSSR count). The summed E-state index contributed by atoms with van der Waals surface area (Å²) in [6.45, 7) is 10.7. The van der Waals surface area contributed by atoms with Gasteiger partial charge in [-0.25, -0.2) is 9.59 Å². The van der Waals surface area contributed by atoms with E-state index < -0.39 is 65.6 Å². The Kier molecular flexibility index (Phi) is 14.2. The maximum atomic E-state index is 13.5. The molecule has 0 aliphatic rings. The van der Waals surface area contributed by atoms with E-state index in [0.29, 0.717) is 42.4 Å². The average molecular weight is 646 g/mol. The van der Waals surface area contributed by atoms with Gasteiger partial charge in [-0.15, -0.1) is 0 Å². The van der Waals surface area contributed by atoms with Crippen LogP contribution >= 0.6 is 0 Å². The topological polar surface area (TPSA) is 219 Å². The van der Waals surface area contributed by atoms with E-state index in [4.69, 9.17) is 14.9 Å². The van der Waals surface area contributed by atoms with Gasteiger partial charge in [-0.2, -0.15) is 0 Å². The molecular formula is C32H47N5O9. The number of fused-ring (bicyclic) bond motifs is 1. The quantitative estimate of drug-likeness (QED) is 0.116. The van der Waals surface area contributed by atoms with Crippen molar-refractivity contribution in [1.82, 2.24) is 16.0 Å². The Hall–Kier alpha value is -4.46. The lowest BCUT2D eigenvalue weighted by Crippen LogP contribution is -2.57. The number of rotatable bonds is 16. The molecule has 0 fully saturated rings. The maximum Gasteiger partial charge on any atom is 0.408 e. The fourth-order valence-electron chi connectivity index (χ4n) is 4.60. The molecule has 14 heteroatoms.